The van der Waals surface area contributed by atoms with Gasteiger partial charge in [0.1, 0.15) is 6.61 Å². The van der Waals surface area contributed by atoms with Crippen LogP contribution in [0.1, 0.15) is 12.0 Å². The summed E-state index contributed by atoms with van der Waals surface area (Å²) in [6.45, 7) is 1.61. The summed E-state index contributed by atoms with van der Waals surface area (Å²) in [5.41, 5.74) is 7.09. The van der Waals surface area contributed by atoms with Crippen LogP contribution in [0.5, 0.6) is 0 Å². The van der Waals surface area contributed by atoms with Crippen molar-refractivity contribution in [2.45, 2.75) is 25.1 Å². The smallest absolute Gasteiger partial charge is 0.410 e. The number of carbonyl (C=O) groups is 1. The molecular weight excluding hydrogens is 254 g/mol. The first-order valence-corrected chi connectivity index (χ1v) is 6.95. The fourth-order valence-corrected chi connectivity index (χ4v) is 2.47. The van der Waals surface area contributed by atoms with Crippen LogP contribution in [0, 0.1) is 0 Å². The molecule has 0 aromatic heterocycles. The van der Waals surface area contributed by atoms with E-state index >= 15 is 0 Å². The third-order valence-electron chi connectivity index (χ3n) is 3.76. The number of likely N-dealkylation sites (tertiary alicyclic amines) is 1. The Balaban J connectivity index is 1.86. The second-order valence-electron chi connectivity index (χ2n) is 5.47. The van der Waals surface area contributed by atoms with E-state index < -0.39 is 0 Å². The lowest BCUT2D eigenvalue weighted by Crippen LogP contribution is -2.57. The summed E-state index contributed by atoms with van der Waals surface area (Å²) >= 11 is 0. The minimum absolute atomic E-state index is 0.114. The van der Waals surface area contributed by atoms with E-state index in [-0.39, 0.29) is 18.2 Å². The van der Waals surface area contributed by atoms with Crippen LogP contribution in [0.2, 0.25) is 0 Å². The summed E-state index contributed by atoms with van der Waals surface area (Å²) in [7, 11) is 3.98. The minimum Gasteiger partial charge on any atom is -0.445 e. The van der Waals surface area contributed by atoms with Gasteiger partial charge in [0.2, 0.25) is 0 Å². The zero-order chi connectivity index (χ0) is 14.5. The number of ether oxygens (including phenoxy) is 1. The van der Waals surface area contributed by atoms with Crippen LogP contribution in [0.25, 0.3) is 0 Å². The fourth-order valence-electron chi connectivity index (χ4n) is 2.47. The van der Waals surface area contributed by atoms with Crippen molar-refractivity contribution in [2.75, 3.05) is 27.2 Å². The fraction of sp³-hybridized carbons (Fsp3) is 0.533. The molecule has 1 aliphatic rings. The monoisotopic (exact) mass is 277 g/mol. The van der Waals surface area contributed by atoms with Crippen molar-refractivity contribution >= 4 is 6.09 Å². The van der Waals surface area contributed by atoms with E-state index in [1.54, 1.807) is 4.90 Å². The van der Waals surface area contributed by atoms with Crippen molar-refractivity contribution in [3.05, 3.63) is 35.9 Å². The molecule has 110 valence electrons. The molecule has 1 aliphatic heterocycles. The maximum Gasteiger partial charge on any atom is 0.410 e. The largest absolute Gasteiger partial charge is 0.445 e. The van der Waals surface area contributed by atoms with Crippen molar-refractivity contribution in [3.8, 4) is 0 Å². The summed E-state index contributed by atoms with van der Waals surface area (Å²) in [6.07, 6.45) is 0.552. The molecule has 5 heteroatoms. The molecule has 0 saturated carbocycles. The molecule has 1 heterocycles. The average Bonchev–Trinajstić information content (AvgIpc) is 2.46. The number of hydrogen-bond donors (Lipinski definition) is 1. The first-order valence-electron chi connectivity index (χ1n) is 6.95. The lowest BCUT2D eigenvalue weighted by molar-refractivity contribution is 0.0656. The number of amides is 1. The van der Waals surface area contributed by atoms with E-state index in [4.69, 9.17) is 10.5 Å². The van der Waals surface area contributed by atoms with Gasteiger partial charge in [-0.3, -0.25) is 0 Å². The van der Waals surface area contributed by atoms with E-state index in [1.807, 2.05) is 44.4 Å². The second-order valence-corrected chi connectivity index (χ2v) is 5.47. The van der Waals surface area contributed by atoms with Crippen LogP contribution in [-0.2, 0) is 11.3 Å². The van der Waals surface area contributed by atoms with Crippen molar-refractivity contribution in [1.29, 1.82) is 0 Å². The van der Waals surface area contributed by atoms with Gasteiger partial charge in [-0.2, -0.15) is 0 Å². The molecule has 1 amide bonds. The topological polar surface area (TPSA) is 58.8 Å². The number of hydrogen-bond acceptors (Lipinski definition) is 4. The molecule has 0 aliphatic carbocycles. The summed E-state index contributed by atoms with van der Waals surface area (Å²) in [5.74, 6) is 0. The molecule has 0 spiro atoms. The molecule has 20 heavy (non-hydrogen) atoms. The van der Waals surface area contributed by atoms with Gasteiger partial charge in [0, 0.05) is 25.2 Å². The van der Waals surface area contributed by atoms with E-state index in [0.29, 0.717) is 19.7 Å². The van der Waals surface area contributed by atoms with Gasteiger partial charge in [0.05, 0.1) is 0 Å². The Morgan fingerprint density at radius 2 is 2.10 bits per heavy atom. The molecule has 1 aromatic rings. The summed E-state index contributed by atoms with van der Waals surface area (Å²) in [5, 5.41) is 0. The number of carbonyl (C=O) groups excluding carboxylic acids is 1. The quantitative estimate of drug-likeness (QED) is 0.904. The lowest BCUT2D eigenvalue weighted by atomic mass is 10.00. The molecule has 2 N–H and O–H groups in total. The predicted molar refractivity (Wildman–Crippen MR) is 78.3 cm³/mol. The molecule has 1 saturated heterocycles. The van der Waals surface area contributed by atoms with Crippen molar-refractivity contribution in [2.24, 2.45) is 5.73 Å². The van der Waals surface area contributed by atoms with Crippen LogP contribution in [0.15, 0.2) is 30.3 Å². The van der Waals surface area contributed by atoms with Crippen LogP contribution < -0.4 is 5.73 Å². The van der Waals surface area contributed by atoms with E-state index in [0.717, 1.165) is 12.0 Å². The first kappa shape index (κ1) is 14.8. The average molecular weight is 277 g/mol. The predicted octanol–water partition coefficient (Wildman–Crippen LogP) is 1.29. The van der Waals surface area contributed by atoms with Gasteiger partial charge in [0.15, 0.2) is 0 Å². The van der Waals surface area contributed by atoms with E-state index in [1.165, 1.54) is 0 Å². The molecule has 0 unspecified atom stereocenters. The molecule has 5 nitrogen and oxygen atoms in total. The number of benzene rings is 1. The van der Waals surface area contributed by atoms with Crippen molar-refractivity contribution < 1.29 is 9.53 Å². The Bertz CT molecular complexity index is 436. The highest BCUT2D eigenvalue weighted by atomic mass is 16.6. The highest BCUT2D eigenvalue weighted by molar-refractivity contribution is 5.67. The SMILES string of the molecule is CN(C)[C@H]1CN(C(=O)OCc2ccccc2)CC[C@@H]1N. The highest BCUT2D eigenvalue weighted by Crippen LogP contribution is 2.14. The minimum atomic E-state index is -0.257. The van der Waals surface area contributed by atoms with Gasteiger partial charge in [-0.1, -0.05) is 30.3 Å². The molecule has 1 aromatic carbocycles. The van der Waals surface area contributed by atoms with Crippen LogP contribution in [0.3, 0.4) is 0 Å². The third kappa shape index (κ3) is 3.71. The first-order chi connectivity index (χ1) is 9.58. The maximum absolute atomic E-state index is 12.1. The maximum atomic E-state index is 12.1. The van der Waals surface area contributed by atoms with Gasteiger partial charge in [-0.05, 0) is 26.1 Å². The highest BCUT2D eigenvalue weighted by Gasteiger charge is 2.31. The molecule has 1 fully saturated rings. The lowest BCUT2D eigenvalue weighted by Gasteiger charge is -2.39. The standard InChI is InChI=1S/C15H23N3O2/c1-17(2)14-10-18(9-8-13(14)16)15(19)20-11-12-6-4-3-5-7-12/h3-7,13-14H,8-11,16H2,1-2H3/t13-,14-/m0/s1. The van der Waals surface area contributed by atoms with E-state index in [9.17, 15) is 4.79 Å². The van der Waals surface area contributed by atoms with Gasteiger partial charge < -0.3 is 20.3 Å². The third-order valence-corrected chi connectivity index (χ3v) is 3.76. The number of piperidine rings is 1. The van der Waals surface area contributed by atoms with Crippen LogP contribution in [0.4, 0.5) is 4.79 Å². The molecule has 0 radical (unpaired) electrons. The summed E-state index contributed by atoms with van der Waals surface area (Å²) < 4.78 is 5.36. The Kier molecular flexibility index (Phi) is 4.98. The Labute approximate surface area is 120 Å². The van der Waals surface area contributed by atoms with Gasteiger partial charge in [-0.15, -0.1) is 0 Å². The zero-order valence-electron chi connectivity index (χ0n) is 12.2. The summed E-state index contributed by atoms with van der Waals surface area (Å²) in [6, 6.07) is 10.0. The van der Waals surface area contributed by atoms with Gasteiger partial charge in [-0.25, -0.2) is 4.79 Å². The number of nitrogens with zero attached hydrogens (tertiary/aromatic N) is 2. The Morgan fingerprint density at radius 3 is 2.75 bits per heavy atom. The van der Waals surface area contributed by atoms with E-state index in [2.05, 4.69) is 4.90 Å². The van der Waals surface area contributed by atoms with Crippen molar-refractivity contribution in [1.82, 2.24) is 9.80 Å². The van der Waals surface area contributed by atoms with Crippen LogP contribution in [-0.4, -0.2) is 55.2 Å². The summed E-state index contributed by atoms with van der Waals surface area (Å²) in [4.78, 5) is 15.9. The molecule has 2 atom stereocenters. The van der Waals surface area contributed by atoms with Gasteiger partial charge >= 0.3 is 6.09 Å². The number of rotatable bonds is 3. The molecular formula is C15H23N3O2. The molecule has 0 bridgehead atoms. The van der Waals surface area contributed by atoms with Gasteiger partial charge in [0.25, 0.3) is 0 Å². The normalized spacial score (nSPS) is 22.9. The Hall–Kier alpha value is -1.59. The zero-order valence-corrected chi connectivity index (χ0v) is 12.2. The Morgan fingerprint density at radius 1 is 1.40 bits per heavy atom. The van der Waals surface area contributed by atoms with Crippen LogP contribution >= 0.6 is 0 Å². The molecule has 2 rings (SSSR count). The number of nitrogens with two attached hydrogens (primary N) is 1. The second kappa shape index (κ2) is 6.72. The van der Waals surface area contributed by atoms with Crippen molar-refractivity contribution in [3.63, 3.8) is 0 Å². The number of likely N-dealkylation sites (N-methyl/N-ethyl adjacent to an activating group) is 1.